The molecule has 0 spiro atoms. The number of anilines is 2. The first-order valence-electron chi connectivity index (χ1n) is 10.6. The van der Waals surface area contributed by atoms with Gasteiger partial charge in [0.2, 0.25) is 0 Å². The molecule has 0 unspecified atom stereocenters. The molecule has 3 saturated carbocycles. The van der Waals surface area contributed by atoms with Crippen molar-refractivity contribution in [3.8, 4) is 5.75 Å². The highest BCUT2D eigenvalue weighted by atomic mass is 79.9. The van der Waals surface area contributed by atoms with E-state index >= 15 is 0 Å². The van der Waals surface area contributed by atoms with Crippen LogP contribution in [0.2, 0.25) is 0 Å². The van der Waals surface area contributed by atoms with Crippen molar-refractivity contribution in [2.24, 2.45) is 5.41 Å². The average molecular weight is 511 g/mol. The van der Waals surface area contributed by atoms with Crippen LogP contribution >= 0.6 is 15.9 Å². The zero-order chi connectivity index (χ0) is 23.2. The summed E-state index contributed by atoms with van der Waals surface area (Å²) in [6.45, 7) is 2.19. The Bertz CT molecular complexity index is 1440. The smallest absolute Gasteiger partial charge is 0.151 e. The number of nitrogens with zero attached hydrogens (tertiary/aromatic N) is 4. The van der Waals surface area contributed by atoms with Crippen LogP contribution in [0.3, 0.4) is 0 Å². The Balaban J connectivity index is 1.30. The first-order valence-corrected chi connectivity index (χ1v) is 11.4. The highest BCUT2D eigenvalue weighted by Crippen LogP contribution is 2.70. The molecule has 0 aliphatic heterocycles. The van der Waals surface area contributed by atoms with Crippen molar-refractivity contribution < 1.29 is 14.9 Å². The molecule has 4 aromatic rings. The second-order valence-electron chi connectivity index (χ2n) is 9.56. The van der Waals surface area contributed by atoms with Crippen molar-refractivity contribution in [2.45, 2.75) is 36.9 Å². The van der Waals surface area contributed by atoms with Crippen LogP contribution in [-0.4, -0.2) is 48.1 Å². The molecule has 0 radical (unpaired) electrons. The highest BCUT2D eigenvalue weighted by molar-refractivity contribution is 9.10. The number of hydrogen-bond donors (Lipinski definition) is 4. The maximum Gasteiger partial charge on any atom is 0.151 e. The molecule has 3 fully saturated rings. The third-order valence-electron chi connectivity index (χ3n) is 7.63. The highest BCUT2D eigenvalue weighted by Gasteiger charge is 2.79. The fourth-order valence-electron chi connectivity index (χ4n) is 5.85. The summed E-state index contributed by atoms with van der Waals surface area (Å²) in [5.41, 5.74) is 11.6. The minimum Gasteiger partial charge on any atom is -0.493 e. The Hall–Kier alpha value is -2.95. The van der Waals surface area contributed by atoms with E-state index < -0.39 is 22.5 Å². The topological polar surface area (TPSA) is 145 Å². The molecule has 3 aliphatic rings. The van der Waals surface area contributed by atoms with Crippen LogP contribution in [0.1, 0.15) is 25.5 Å². The summed E-state index contributed by atoms with van der Waals surface area (Å²) in [5.74, 6) is 1.41. The van der Waals surface area contributed by atoms with Crippen molar-refractivity contribution in [1.29, 1.82) is 0 Å². The number of hydrogen-bond acceptors (Lipinski definition) is 8. The van der Waals surface area contributed by atoms with Crippen molar-refractivity contribution in [3.05, 3.63) is 52.9 Å². The molecule has 0 amide bonds. The molecule has 170 valence electrons. The Labute approximate surface area is 197 Å². The van der Waals surface area contributed by atoms with Gasteiger partial charge in [0.25, 0.3) is 0 Å². The van der Waals surface area contributed by atoms with E-state index in [1.165, 1.54) is 6.33 Å². The maximum atomic E-state index is 11.4. The van der Waals surface area contributed by atoms with Gasteiger partial charge >= 0.3 is 0 Å². The second-order valence-corrected chi connectivity index (χ2v) is 10.4. The summed E-state index contributed by atoms with van der Waals surface area (Å²) in [4.78, 5) is 8.44. The van der Waals surface area contributed by atoms with Crippen LogP contribution in [0, 0.1) is 5.41 Å². The molecule has 6 N–H and O–H groups in total. The number of pyridine rings is 1. The van der Waals surface area contributed by atoms with Gasteiger partial charge in [-0.05, 0) is 59.1 Å². The molecule has 1 aromatic carbocycles. The largest absolute Gasteiger partial charge is 0.493 e. The number of halogens is 1. The van der Waals surface area contributed by atoms with Crippen molar-refractivity contribution >= 4 is 44.0 Å². The van der Waals surface area contributed by atoms with E-state index in [4.69, 9.17) is 16.2 Å². The molecule has 3 heterocycles. The summed E-state index contributed by atoms with van der Waals surface area (Å²) < 4.78 is 8.60. The third kappa shape index (κ3) is 2.62. The maximum absolute atomic E-state index is 11.4. The average Bonchev–Trinajstić information content (AvgIpc) is 3.37. The van der Waals surface area contributed by atoms with Crippen molar-refractivity contribution in [3.63, 3.8) is 0 Å². The number of nitrogen functional groups attached to an aromatic ring is 2. The normalized spacial score (nSPS) is 30.6. The van der Waals surface area contributed by atoms with Gasteiger partial charge in [-0.1, -0.05) is 6.92 Å². The predicted octanol–water partition coefficient (Wildman–Crippen LogP) is 2.43. The number of aromatic nitrogens is 4. The number of benzene rings is 1. The number of ether oxygens (including phenoxy) is 1. The van der Waals surface area contributed by atoms with Gasteiger partial charge in [-0.25, -0.2) is 14.5 Å². The number of rotatable bonds is 4. The second kappa shape index (κ2) is 6.55. The zero-order valence-electron chi connectivity index (χ0n) is 17.9. The van der Waals surface area contributed by atoms with E-state index in [-0.39, 0.29) is 6.61 Å². The molecular formula is C23H23BrN6O3. The lowest BCUT2D eigenvalue weighted by Gasteiger charge is -2.51. The minimum absolute atomic E-state index is 0.236. The van der Waals surface area contributed by atoms with E-state index in [1.807, 2.05) is 43.3 Å². The van der Waals surface area contributed by atoms with Crippen LogP contribution in [0.4, 0.5) is 11.6 Å². The molecule has 3 aliphatic carbocycles. The van der Waals surface area contributed by atoms with E-state index in [9.17, 15) is 10.2 Å². The fraction of sp³-hybridized carbons (Fsp3) is 0.348. The Kier molecular flexibility index (Phi) is 4.10. The van der Waals surface area contributed by atoms with Gasteiger partial charge in [-0.15, -0.1) is 0 Å². The summed E-state index contributed by atoms with van der Waals surface area (Å²) >= 11 is 3.39. The monoisotopic (exact) mass is 510 g/mol. The van der Waals surface area contributed by atoms with Crippen LogP contribution in [0.25, 0.3) is 16.4 Å². The van der Waals surface area contributed by atoms with E-state index in [0.717, 1.165) is 21.1 Å². The molecular weight excluding hydrogens is 488 g/mol. The van der Waals surface area contributed by atoms with Gasteiger partial charge in [0.1, 0.15) is 29.0 Å². The van der Waals surface area contributed by atoms with Gasteiger partial charge < -0.3 is 26.4 Å². The molecule has 4 atom stereocenters. The molecule has 10 heteroatoms. The van der Waals surface area contributed by atoms with Crippen LogP contribution < -0.4 is 16.2 Å². The van der Waals surface area contributed by atoms with Crippen LogP contribution in [0.5, 0.6) is 5.75 Å². The lowest BCUT2D eigenvalue weighted by molar-refractivity contribution is -0.195. The summed E-state index contributed by atoms with van der Waals surface area (Å²) in [7, 11) is 0. The molecule has 33 heavy (non-hydrogen) atoms. The number of nitrogens with two attached hydrogens (primary N) is 2. The van der Waals surface area contributed by atoms with Gasteiger partial charge in [0.15, 0.2) is 5.82 Å². The standard InChI is InChI=1S/C23H23BrN6O3/c1-21(10-33-13-3-2-12-6-14(24)18(25)29-15(12)7-13)8-22(9-23(21,32)20(22)31)17-5-4-16-19(26)27-11-28-30(16)17/h2-7,11,20,31-32H,8-10H2,1H3,(H2,25,29)(H2,26,27,28)/t20-,21+,22+,23+/m0/s1. The van der Waals surface area contributed by atoms with Crippen LogP contribution in [-0.2, 0) is 5.41 Å². The Morgan fingerprint density at radius 3 is 2.79 bits per heavy atom. The quantitative estimate of drug-likeness (QED) is 0.327. The Morgan fingerprint density at radius 2 is 2.00 bits per heavy atom. The van der Waals surface area contributed by atoms with E-state index in [1.54, 1.807) is 4.52 Å². The summed E-state index contributed by atoms with van der Waals surface area (Å²) in [6, 6.07) is 11.3. The molecule has 2 bridgehead atoms. The first kappa shape index (κ1) is 20.6. The van der Waals surface area contributed by atoms with E-state index in [0.29, 0.717) is 35.7 Å². The SMILES string of the molecule is C[C@]1(COc2ccc3cc(Br)c(N)nc3c2)C[C@]2(c3ccc4c(N)ncnn34)C[C@@]1(O)[C@H]2O. The fourth-order valence-corrected chi connectivity index (χ4v) is 6.18. The Morgan fingerprint density at radius 1 is 1.18 bits per heavy atom. The predicted molar refractivity (Wildman–Crippen MR) is 127 cm³/mol. The third-order valence-corrected chi connectivity index (χ3v) is 8.27. The molecule has 0 saturated heterocycles. The summed E-state index contributed by atoms with van der Waals surface area (Å²) in [6.07, 6.45) is 1.42. The number of aliphatic hydroxyl groups is 2. The minimum atomic E-state index is -1.26. The van der Waals surface area contributed by atoms with E-state index in [2.05, 4.69) is 31.0 Å². The zero-order valence-corrected chi connectivity index (χ0v) is 19.5. The van der Waals surface area contributed by atoms with Gasteiger partial charge in [0.05, 0.1) is 28.4 Å². The van der Waals surface area contributed by atoms with Gasteiger partial charge in [-0.2, -0.15) is 5.10 Å². The molecule has 7 rings (SSSR count). The number of fused-ring (bicyclic) bond motifs is 3. The van der Waals surface area contributed by atoms with Crippen LogP contribution in [0.15, 0.2) is 47.2 Å². The summed E-state index contributed by atoms with van der Waals surface area (Å²) in [5, 5.41) is 27.9. The first-order chi connectivity index (χ1) is 15.7. The van der Waals surface area contributed by atoms with Gasteiger partial charge in [-0.3, -0.25) is 0 Å². The lowest BCUT2D eigenvalue weighted by atomic mass is 9.60. The number of aliphatic hydroxyl groups excluding tert-OH is 1. The lowest BCUT2D eigenvalue weighted by Crippen LogP contribution is -2.65. The van der Waals surface area contributed by atoms with Crippen molar-refractivity contribution in [2.75, 3.05) is 18.1 Å². The van der Waals surface area contributed by atoms with Crippen molar-refractivity contribution in [1.82, 2.24) is 19.6 Å². The van der Waals surface area contributed by atoms with Gasteiger partial charge in [0, 0.05) is 22.3 Å². The molecule has 3 aromatic heterocycles. The molecule has 9 nitrogen and oxygen atoms in total.